The number of hydrogen-bond donors (Lipinski definition) is 1. The lowest BCUT2D eigenvalue weighted by atomic mass is 10.1. The van der Waals surface area contributed by atoms with Crippen LogP contribution in [0.4, 0.5) is 0 Å². The summed E-state index contributed by atoms with van der Waals surface area (Å²) in [6.07, 6.45) is 1.53. The molecule has 0 aliphatic carbocycles. The van der Waals surface area contributed by atoms with Crippen LogP contribution in [0.5, 0.6) is 11.5 Å². The second-order valence-corrected chi connectivity index (χ2v) is 5.65. The first-order valence-electron chi connectivity index (χ1n) is 8.05. The van der Waals surface area contributed by atoms with Gasteiger partial charge in [-0.05, 0) is 24.6 Å². The third kappa shape index (κ3) is 3.81. The molecular weight excluding hydrogens is 316 g/mol. The van der Waals surface area contributed by atoms with E-state index in [-0.39, 0.29) is 11.6 Å². The van der Waals surface area contributed by atoms with Gasteiger partial charge in [0.15, 0.2) is 11.5 Å². The molecule has 2 aromatic rings. The highest BCUT2D eigenvalue weighted by atomic mass is 16.6. The molecule has 1 amide bonds. The van der Waals surface area contributed by atoms with E-state index in [1.807, 2.05) is 43.3 Å². The van der Waals surface area contributed by atoms with E-state index in [1.54, 1.807) is 18.2 Å². The summed E-state index contributed by atoms with van der Waals surface area (Å²) in [7, 11) is 0. The molecule has 0 aromatic heterocycles. The van der Waals surface area contributed by atoms with Gasteiger partial charge in [0.25, 0.3) is 5.91 Å². The van der Waals surface area contributed by atoms with Gasteiger partial charge in [-0.2, -0.15) is 5.26 Å². The summed E-state index contributed by atoms with van der Waals surface area (Å²) in [6.45, 7) is 2.81. The second kappa shape index (κ2) is 7.54. The smallest absolute Gasteiger partial charge is 0.262 e. The Bertz CT molecular complexity index is 838. The van der Waals surface area contributed by atoms with Gasteiger partial charge in [0.1, 0.15) is 24.9 Å². The number of nitrogens with one attached hydrogen (secondary N) is 1. The summed E-state index contributed by atoms with van der Waals surface area (Å²) in [5, 5.41) is 12.2. The maximum Gasteiger partial charge on any atom is 0.262 e. The van der Waals surface area contributed by atoms with Crippen LogP contribution in [-0.2, 0) is 4.79 Å². The van der Waals surface area contributed by atoms with Crippen molar-refractivity contribution in [3.63, 3.8) is 0 Å². The van der Waals surface area contributed by atoms with Crippen LogP contribution in [-0.4, -0.2) is 19.1 Å². The number of carbonyl (C=O) groups is 1. The predicted molar refractivity (Wildman–Crippen MR) is 94.0 cm³/mol. The molecule has 2 aromatic carbocycles. The minimum absolute atomic E-state index is 0.0188. The molecule has 0 saturated heterocycles. The maximum atomic E-state index is 12.5. The lowest BCUT2D eigenvalue weighted by Crippen LogP contribution is -2.27. The highest BCUT2D eigenvalue weighted by Crippen LogP contribution is 2.34. The van der Waals surface area contributed by atoms with Crippen molar-refractivity contribution >= 4 is 12.0 Å². The Hall–Kier alpha value is -3.26. The third-order valence-electron chi connectivity index (χ3n) is 3.91. The van der Waals surface area contributed by atoms with Gasteiger partial charge in [-0.15, -0.1) is 0 Å². The van der Waals surface area contributed by atoms with Crippen molar-refractivity contribution in [3.05, 3.63) is 65.2 Å². The summed E-state index contributed by atoms with van der Waals surface area (Å²) in [6, 6.07) is 16.8. The number of carbonyl (C=O) groups excluding carboxylic acids is 1. The first kappa shape index (κ1) is 16.6. The van der Waals surface area contributed by atoms with Gasteiger partial charge in [0.2, 0.25) is 0 Å². The van der Waals surface area contributed by atoms with Gasteiger partial charge < -0.3 is 14.8 Å². The molecule has 1 unspecified atom stereocenters. The van der Waals surface area contributed by atoms with Crippen LogP contribution in [0, 0.1) is 11.3 Å². The van der Waals surface area contributed by atoms with Gasteiger partial charge in [-0.3, -0.25) is 4.79 Å². The van der Waals surface area contributed by atoms with Crippen LogP contribution in [0.2, 0.25) is 0 Å². The van der Waals surface area contributed by atoms with E-state index in [0.717, 1.165) is 5.56 Å². The Labute approximate surface area is 146 Å². The molecule has 0 bridgehead atoms. The molecular formula is C20H18N2O3. The van der Waals surface area contributed by atoms with Crippen molar-refractivity contribution in [3.8, 4) is 17.6 Å². The molecule has 1 atom stereocenters. The first-order chi connectivity index (χ1) is 12.2. The van der Waals surface area contributed by atoms with Crippen LogP contribution in [0.25, 0.3) is 6.08 Å². The minimum atomic E-state index is -0.423. The quantitative estimate of drug-likeness (QED) is 0.688. The van der Waals surface area contributed by atoms with E-state index < -0.39 is 5.91 Å². The number of fused-ring (bicyclic) bond motifs is 1. The fourth-order valence-electron chi connectivity index (χ4n) is 2.61. The number of benzene rings is 2. The lowest BCUT2D eigenvalue weighted by molar-refractivity contribution is -0.117. The second-order valence-electron chi connectivity index (χ2n) is 5.65. The standard InChI is InChI=1S/C20H18N2O3/c1-14(15-6-3-2-4-7-15)22-20(23)17(13-21)12-16-8-5-9-18-19(16)25-11-10-24-18/h2-9,12,14H,10-11H2,1H3,(H,22,23)/b17-12-. The zero-order valence-corrected chi connectivity index (χ0v) is 13.9. The molecule has 25 heavy (non-hydrogen) atoms. The molecule has 0 radical (unpaired) electrons. The largest absolute Gasteiger partial charge is 0.486 e. The normalized spacial score (nSPS) is 14.3. The lowest BCUT2D eigenvalue weighted by Gasteiger charge is -2.20. The first-order valence-corrected chi connectivity index (χ1v) is 8.05. The van der Waals surface area contributed by atoms with Crippen molar-refractivity contribution in [2.24, 2.45) is 0 Å². The van der Waals surface area contributed by atoms with Crippen molar-refractivity contribution in [1.29, 1.82) is 5.26 Å². The Kier molecular flexibility index (Phi) is 5.00. The molecule has 5 nitrogen and oxygen atoms in total. The Morgan fingerprint density at radius 1 is 1.16 bits per heavy atom. The van der Waals surface area contributed by atoms with E-state index >= 15 is 0 Å². The molecule has 3 rings (SSSR count). The van der Waals surface area contributed by atoms with E-state index in [4.69, 9.17) is 9.47 Å². The van der Waals surface area contributed by atoms with Gasteiger partial charge in [0.05, 0.1) is 6.04 Å². The summed E-state index contributed by atoms with van der Waals surface area (Å²) >= 11 is 0. The zero-order chi connectivity index (χ0) is 17.6. The number of para-hydroxylation sites is 1. The maximum absolute atomic E-state index is 12.5. The number of nitrogens with zero attached hydrogens (tertiary/aromatic N) is 1. The average Bonchev–Trinajstić information content (AvgIpc) is 2.66. The summed E-state index contributed by atoms with van der Waals surface area (Å²) in [5.74, 6) is 0.758. The monoisotopic (exact) mass is 334 g/mol. The van der Waals surface area contributed by atoms with Gasteiger partial charge in [0, 0.05) is 5.56 Å². The number of hydrogen-bond acceptors (Lipinski definition) is 4. The fraction of sp³-hybridized carbons (Fsp3) is 0.200. The van der Waals surface area contributed by atoms with E-state index in [0.29, 0.717) is 30.3 Å². The molecule has 0 spiro atoms. The van der Waals surface area contributed by atoms with E-state index in [9.17, 15) is 10.1 Å². The highest BCUT2D eigenvalue weighted by molar-refractivity contribution is 6.02. The molecule has 1 heterocycles. The van der Waals surface area contributed by atoms with Crippen molar-refractivity contribution in [1.82, 2.24) is 5.32 Å². The van der Waals surface area contributed by atoms with Crippen LogP contribution >= 0.6 is 0 Å². The number of nitriles is 1. The molecule has 126 valence electrons. The van der Waals surface area contributed by atoms with Gasteiger partial charge in [-0.25, -0.2) is 0 Å². The summed E-state index contributed by atoms with van der Waals surface area (Å²) in [5.41, 5.74) is 1.64. The van der Waals surface area contributed by atoms with Crippen molar-refractivity contribution in [2.45, 2.75) is 13.0 Å². The fourth-order valence-corrected chi connectivity index (χ4v) is 2.61. The Balaban J connectivity index is 1.81. The predicted octanol–water partition coefficient (Wildman–Crippen LogP) is 3.24. The van der Waals surface area contributed by atoms with E-state index in [2.05, 4.69) is 5.32 Å². The molecule has 0 fully saturated rings. The van der Waals surface area contributed by atoms with Crippen LogP contribution < -0.4 is 14.8 Å². The number of amides is 1. The molecule has 1 aliphatic heterocycles. The zero-order valence-electron chi connectivity index (χ0n) is 13.9. The Morgan fingerprint density at radius 2 is 1.92 bits per heavy atom. The number of ether oxygens (including phenoxy) is 2. The van der Waals surface area contributed by atoms with E-state index in [1.165, 1.54) is 6.08 Å². The van der Waals surface area contributed by atoms with Gasteiger partial charge in [-0.1, -0.05) is 42.5 Å². The molecule has 5 heteroatoms. The SMILES string of the molecule is CC(NC(=O)/C(C#N)=C\c1cccc2c1OCCO2)c1ccccc1. The van der Waals surface area contributed by atoms with Crippen LogP contribution in [0.15, 0.2) is 54.1 Å². The minimum Gasteiger partial charge on any atom is -0.486 e. The van der Waals surface area contributed by atoms with Crippen molar-refractivity contribution in [2.75, 3.05) is 13.2 Å². The average molecular weight is 334 g/mol. The molecule has 1 aliphatic rings. The van der Waals surface area contributed by atoms with Crippen LogP contribution in [0.1, 0.15) is 24.1 Å². The summed E-state index contributed by atoms with van der Waals surface area (Å²) < 4.78 is 11.1. The van der Waals surface area contributed by atoms with Crippen molar-refractivity contribution < 1.29 is 14.3 Å². The topological polar surface area (TPSA) is 71.4 Å². The molecule has 0 saturated carbocycles. The molecule has 1 N–H and O–H groups in total. The van der Waals surface area contributed by atoms with Gasteiger partial charge >= 0.3 is 0 Å². The Morgan fingerprint density at radius 3 is 2.68 bits per heavy atom. The third-order valence-corrected chi connectivity index (χ3v) is 3.91. The number of rotatable bonds is 4. The van der Waals surface area contributed by atoms with Crippen LogP contribution in [0.3, 0.4) is 0 Å². The summed E-state index contributed by atoms with van der Waals surface area (Å²) in [4.78, 5) is 12.5. The highest BCUT2D eigenvalue weighted by Gasteiger charge is 2.18.